The molecule has 3 N–H and O–H groups in total. The lowest BCUT2D eigenvalue weighted by atomic mass is 9.67. The number of nitrogens with zero attached hydrogens (tertiary/aromatic N) is 2. The highest BCUT2D eigenvalue weighted by Crippen LogP contribution is 2.48. The average Bonchev–Trinajstić information content (AvgIpc) is 3.30. The van der Waals surface area contributed by atoms with E-state index in [1.54, 1.807) is 13.3 Å². The Morgan fingerprint density at radius 1 is 1.14 bits per heavy atom. The van der Waals surface area contributed by atoms with Crippen LogP contribution in [0.5, 0.6) is 5.75 Å². The Bertz CT molecular complexity index is 1120. The molecule has 1 aromatic carbocycles. The molecule has 8 nitrogen and oxygen atoms in total. The lowest BCUT2D eigenvalue weighted by Gasteiger charge is -2.49. The van der Waals surface area contributed by atoms with Gasteiger partial charge in [-0.1, -0.05) is 36.8 Å². The largest absolute Gasteiger partial charge is 0.495 e. The highest BCUT2D eigenvalue weighted by atomic mass is 16.5. The van der Waals surface area contributed by atoms with E-state index in [1.807, 2.05) is 6.07 Å². The first kappa shape index (κ1) is 25.8. The number of pyridine rings is 1. The minimum atomic E-state index is -0.581. The first-order valence-electron chi connectivity index (χ1n) is 13.5. The van der Waals surface area contributed by atoms with Crippen molar-refractivity contribution >= 4 is 17.5 Å². The van der Waals surface area contributed by atoms with E-state index in [0.29, 0.717) is 23.9 Å². The summed E-state index contributed by atoms with van der Waals surface area (Å²) >= 11 is 0. The van der Waals surface area contributed by atoms with Crippen LogP contribution in [0.2, 0.25) is 0 Å². The number of hydrogen-bond donors (Lipinski definition) is 3. The maximum Gasteiger partial charge on any atom is 0.292 e. The predicted octanol–water partition coefficient (Wildman–Crippen LogP) is 4.10. The van der Waals surface area contributed by atoms with E-state index >= 15 is 0 Å². The number of hydrogen-bond acceptors (Lipinski definition) is 7. The minimum absolute atomic E-state index is 0.0176. The van der Waals surface area contributed by atoms with Gasteiger partial charge in [-0.05, 0) is 76.6 Å². The normalized spacial score (nSPS) is 27.7. The van der Waals surface area contributed by atoms with Gasteiger partial charge in [0.05, 0.1) is 19.3 Å². The molecule has 3 fully saturated rings. The summed E-state index contributed by atoms with van der Waals surface area (Å²) in [5, 5.41) is 2.80. The molecular weight excluding hydrogens is 466 g/mol. The second-order valence-electron chi connectivity index (χ2n) is 11.3. The van der Waals surface area contributed by atoms with E-state index in [4.69, 9.17) is 4.74 Å². The molecule has 8 heteroatoms. The summed E-state index contributed by atoms with van der Waals surface area (Å²) in [5.74, 6) is 0.444. The first-order valence-corrected chi connectivity index (χ1v) is 13.5. The van der Waals surface area contributed by atoms with Crippen molar-refractivity contribution in [2.45, 2.75) is 74.9 Å². The van der Waals surface area contributed by atoms with Gasteiger partial charge in [-0.15, -0.1) is 0 Å². The number of carbonyl (C=O) groups excluding carboxylic acids is 2. The number of hydrazine groups is 1. The molecule has 198 valence electrons. The first-order chi connectivity index (χ1) is 17.8. The zero-order valence-corrected chi connectivity index (χ0v) is 22.2. The molecule has 1 aromatic heterocycles. The number of Topliss-reactive ketones (excluding diaryl/α,β-unsaturated/α-hetero) is 1. The average molecular weight is 506 g/mol. The molecule has 1 saturated heterocycles. The number of nitrogens with one attached hydrogen (secondary N) is 3. The molecular formula is C29H39N5O3. The van der Waals surface area contributed by atoms with Crippen molar-refractivity contribution in [1.29, 1.82) is 0 Å². The van der Waals surface area contributed by atoms with Gasteiger partial charge in [-0.25, -0.2) is 10.4 Å². The van der Waals surface area contributed by atoms with Crippen molar-refractivity contribution in [1.82, 2.24) is 20.7 Å². The van der Waals surface area contributed by atoms with Gasteiger partial charge in [0.2, 0.25) is 5.78 Å². The van der Waals surface area contributed by atoms with E-state index in [2.05, 4.69) is 70.5 Å². The van der Waals surface area contributed by atoms with Crippen LogP contribution in [0, 0.1) is 5.92 Å². The van der Waals surface area contributed by atoms with Crippen LogP contribution in [0.15, 0.2) is 42.6 Å². The smallest absolute Gasteiger partial charge is 0.292 e. The molecule has 2 aromatic rings. The molecule has 37 heavy (non-hydrogen) atoms. The molecule has 0 radical (unpaired) electrons. The van der Waals surface area contributed by atoms with E-state index in [9.17, 15) is 9.59 Å². The lowest BCUT2D eigenvalue weighted by Crippen LogP contribution is -2.53. The molecule has 1 amide bonds. The number of benzene rings is 1. The van der Waals surface area contributed by atoms with Gasteiger partial charge in [-0.2, -0.15) is 0 Å². The number of rotatable bonds is 8. The molecule has 2 aliphatic carbocycles. The zero-order valence-electron chi connectivity index (χ0n) is 22.2. The molecule has 2 heterocycles. The Labute approximate surface area is 219 Å². The maximum absolute atomic E-state index is 12.7. The van der Waals surface area contributed by atoms with Crippen LogP contribution in [0.25, 0.3) is 0 Å². The van der Waals surface area contributed by atoms with Crippen LogP contribution in [-0.2, 0) is 15.1 Å². The second-order valence-corrected chi connectivity index (χ2v) is 11.3. The van der Waals surface area contributed by atoms with Crippen molar-refractivity contribution in [3.05, 3.63) is 53.7 Å². The standard InChI is InChI=1S/C29H39N5O3/c1-34(2)29(21-10-5-4-6-11-21)14-12-28(13-15-29)18-24(32-33-28)23-17-22(37-3)19-30-26(23)31-27(36)25(35)16-20-8-7-9-20/h4-6,10-11,17,19-20,24,32-33H,7-9,12-16,18H2,1-3H3,(H,30,31,36)/t24-,28?,29?/m0/s1. The maximum atomic E-state index is 12.7. The minimum Gasteiger partial charge on any atom is -0.495 e. The van der Waals surface area contributed by atoms with Crippen molar-refractivity contribution < 1.29 is 14.3 Å². The summed E-state index contributed by atoms with van der Waals surface area (Å²) in [6.07, 6.45) is 10.1. The van der Waals surface area contributed by atoms with E-state index in [0.717, 1.165) is 56.9 Å². The Morgan fingerprint density at radius 2 is 1.86 bits per heavy atom. The lowest BCUT2D eigenvalue weighted by molar-refractivity contribution is -0.135. The van der Waals surface area contributed by atoms with Gasteiger partial charge in [-0.3, -0.25) is 19.9 Å². The van der Waals surface area contributed by atoms with Gasteiger partial charge in [0, 0.05) is 23.1 Å². The Morgan fingerprint density at radius 3 is 2.49 bits per heavy atom. The van der Waals surface area contributed by atoms with Crippen molar-refractivity contribution in [2.24, 2.45) is 5.92 Å². The summed E-state index contributed by atoms with van der Waals surface area (Å²) < 4.78 is 5.44. The number of amides is 1. The monoisotopic (exact) mass is 505 g/mol. The molecule has 2 saturated carbocycles. The van der Waals surface area contributed by atoms with Crippen molar-refractivity contribution in [3.8, 4) is 5.75 Å². The number of ether oxygens (including phenoxy) is 1. The van der Waals surface area contributed by atoms with Crippen LogP contribution in [0.1, 0.15) is 75.0 Å². The zero-order chi connectivity index (χ0) is 26.0. The van der Waals surface area contributed by atoms with E-state index in [-0.39, 0.29) is 22.9 Å². The van der Waals surface area contributed by atoms with Gasteiger partial charge in [0.25, 0.3) is 5.91 Å². The van der Waals surface area contributed by atoms with Gasteiger partial charge < -0.3 is 10.1 Å². The number of anilines is 1. The van der Waals surface area contributed by atoms with E-state index in [1.165, 1.54) is 5.56 Å². The van der Waals surface area contributed by atoms with Crippen LogP contribution in [-0.4, -0.2) is 48.3 Å². The Hall–Kier alpha value is -2.81. The van der Waals surface area contributed by atoms with Crippen molar-refractivity contribution in [3.63, 3.8) is 0 Å². The molecule has 1 atom stereocenters. The quantitative estimate of drug-likeness (QED) is 0.465. The summed E-state index contributed by atoms with van der Waals surface area (Å²) in [4.78, 5) is 32.0. The number of methoxy groups -OCH3 is 1. The van der Waals surface area contributed by atoms with Crippen molar-refractivity contribution in [2.75, 3.05) is 26.5 Å². The summed E-state index contributed by atoms with van der Waals surface area (Å²) in [6, 6.07) is 12.6. The van der Waals surface area contributed by atoms with Crippen LogP contribution in [0.3, 0.4) is 0 Å². The second kappa shape index (κ2) is 10.5. The summed E-state index contributed by atoms with van der Waals surface area (Å²) in [7, 11) is 5.96. The van der Waals surface area contributed by atoms with Gasteiger partial charge >= 0.3 is 0 Å². The predicted molar refractivity (Wildman–Crippen MR) is 143 cm³/mol. The third kappa shape index (κ3) is 5.15. The molecule has 0 unspecified atom stereocenters. The van der Waals surface area contributed by atoms with Gasteiger partial charge in [0.15, 0.2) is 0 Å². The molecule has 0 bridgehead atoms. The van der Waals surface area contributed by atoms with Gasteiger partial charge in [0.1, 0.15) is 11.6 Å². The molecule has 3 aliphatic rings. The molecule has 1 aliphatic heterocycles. The van der Waals surface area contributed by atoms with Crippen LogP contribution < -0.4 is 20.9 Å². The third-order valence-corrected chi connectivity index (χ3v) is 9.00. The number of carbonyl (C=O) groups is 2. The molecule has 1 spiro atoms. The fourth-order valence-corrected chi connectivity index (χ4v) is 6.31. The fourth-order valence-electron chi connectivity index (χ4n) is 6.31. The van der Waals surface area contributed by atoms with Crippen LogP contribution >= 0.6 is 0 Å². The topological polar surface area (TPSA) is 95.6 Å². The van der Waals surface area contributed by atoms with E-state index < -0.39 is 5.91 Å². The summed E-state index contributed by atoms with van der Waals surface area (Å²) in [5.41, 5.74) is 9.26. The Kier molecular flexibility index (Phi) is 7.34. The number of aromatic nitrogens is 1. The number of ketones is 1. The molecule has 5 rings (SSSR count). The highest BCUT2D eigenvalue weighted by Gasteiger charge is 2.48. The third-order valence-electron chi connectivity index (χ3n) is 9.00. The summed E-state index contributed by atoms with van der Waals surface area (Å²) in [6.45, 7) is 0. The fraction of sp³-hybridized carbons (Fsp3) is 0.552. The SMILES string of the molecule is COc1cnc(NC(=O)C(=O)CC2CCC2)c([C@@H]2CC3(CCC(c4ccccc4)(N(C)C)CC3)NN2)c1. The highest BCUT2D eigenvalue weighted by molar-refractivity contribution is 6.40. The Balaban J connectivity index is 1.31. The van der Waals surface area contributed by atoms with Crippen LogP contribution in [0.4, 0.5) is 5.82 Å².